The number of benzene rings is 3. The fraction of sp³-hybridized carbons (Fsp3) is 0.475. The van der Waals surface area contributed by atoms with Gasteiger partial charge in [-0.2, -0.15) is 5.10 Å². The molecule has 7 amide bonds. The molecule has 8 unspecified atom stereocenters. The van der Waals surface area contributed by atoms with Crippen molar-refractivity contribution in [2.75, 3.05) is 32.8 Å². The lowest BCUT2D eigenvalue weighted by molar-refractivity contribution is -0.435. The summed E-state index contributed by atoms with van der Waals surface area (Å²) in [4.78, 5) is 105. The van der Waals surface area contributed by atoms with Crippen LogP contribution in [0.5, 0.6) is 11.5 Å². The molecule has 0 aliphatic carbocycles. The molecule has 3 aromatic carbocycles. The molecule has 3 aliphatic rings. The summed E-state index contributed by atoms with van der Waals surface area (Å²) in [6.07, 6.45) is -4.81. The molecule has 92 heavy (non-hydrogen) atoms. The van der Waals surface area contributed by atoms with E-state index in [1.807, 2.05) is 24.3 Å². The van der Waals surface area contributed by atoms with E-state index in [1.165, 1.54) is 36.5 Å². The largest absolute Gasteiger partial charge is 0.507 e. The van der Waals surface area contributed by atoms with Crippen molar-refractivity contribution in [1.82, 2.24) is 56.4 Å². The Morgan fingerprint density at radius 1 is 0.815 bits per heavy atom. The lowest BCUT2D eigenvalue weighted by Gasteiger charge is -2.33. The second kappa shape index (κ2) is 31.8. The Morgan fingerprint density at radius 2 is 1.50 bits per heavy atom. The van der Waals surface area contributed by atoms with Crippen molar-refractivity contribution in [3.8, 4) is 38.3 Å². The summed E-state index contributed by atoms with van der Waals surface area (Å²) in [5, 5.41) is 117. The quantitative estimate of drug-likeness (QED) is 0.0193. The summed E-state index contributed by atoms with van der Waals surface area (Å²) in [6.45, 7) is 10.3. The summed E-state index contributed by atoms with van der Waals surface area (Å²) >= 11 is -1.42. The average molecular weight is 1320 g/mol. The Balaban J connectivity index is 1.05. The number of hydrogen-bond acceptors (Lipinski definition) is 23. The molecule has 8 rings (SSSR count). The number of aromatic nitrogens is 4. The predicted molar refractivity (Wildman–Crippen MR) is 323 cm³/mol. The minimum absolute atomic E-state index is 0.00833. The van der Waals surface area contributed by atoms with Gasteiger partial charge in [-0.1, -0.05) is 72.0 Å². The van der Waals surface area contributed by atoms with Gasteiger partial charge in [-0.3, -0.25) is 33.6 Å². The van der Waals surface area contributed by atoms with E-state index in [4.69, 9.17) is 16.6 Å². The summed E-state index contributed by atoms with van der Waals surface area (Å²) in [5.41, 5.74) is 2.01. The first kappa shape index (κ1) is 69.5. The van der Waals surface area contributed by atoms with Crippen LogP contribution in [0.4, 0.5) is 0 Å². The van der Waals surface area contributed by atoms with Gasteiger partial charge in [0, 0.05) is 62.1 Å². The van der Waals surface area contributed by atoms with Gasteiger partial charge in [-0.25, -0.2) is 20.7 Å². The lowest BCUT2D eigenvalue weighted by atomic mass is 9.99. The molecular formula is C59H72N12O19S2. The van der Waals surface area contributed by atoms with Crippen molar-refractivity contribution < 1.29 is 92.9 Å². The number of amides is 7. The second-order valence-electron chi connectivity index (χ2n) is 22.6. The number of fused-ring (bicyclic) bond motifs is 2. The molecule has 3 fully saturated rings. The normalized spacial score (nSPS) is 25.0. The first-order chi connectivity index (χ1) is 44.0. The van der Waals surface area contributed by atoms with Crippen molar-refractivity contribution in [3.63, 3.8) is 0 Å². The number of nitrogens with one attached hydrogen (secondary N) is 5. The summed E-state index contributed by atoms with van der Waals surface area (Å²) in [7, 11) is 0. The first-order valence-corrected chi connectivity index (χ1v) is 31.4. The van der Waals surface area contributed by atoms with Gasteiger partial charge in [-0.15, -0.1) is 10.2 Å². The number of aliphatic hydroxyl groups is 6. The van der Waals surface area contributed by atoms with Gasteiger partial charge in [-0.05, 0) is 67.4 Å². The number of unbranched alkanes of at least 4 members (excludes halogenated alkanes) is 3. The molecule has 494 valence electrons. The maximum atomic E-state index is 14.6. The van der Waals surface area contributed by atoms with E-state index < -0.39 is 181 Å². The molecular weight excluding hydrogens is 1240 g/mol. The van der Waals surface area contributed by atoms with Crippen molar-refractivity contribution in [1.29, 1.82) is 0 Å². The number of aromatic hydroxyl groups is 1. The number of phenolic OH excluding ortho intramolecular Hbond substituents is 1. The van der Waals surface area contributed by atoms with Crippen molar-refractivity contribution in [3.05, 3.63) is 102 Å². The molecule has 5 aromatic rings. The topological polar surface area (TPSA) is 441 Å². The van der Waals surface area contributed by atoms with Crippen molar-refractivity contribution in [2.24, 2.45) is 5.92 Å². The van der Waals surface area contributed by atoms with Crippen LogP contribution < -0.4 is 31.3 Å². The van der Waals surface area contributed by atoms with Gasteiger partial charge < -0.3 is 81.7 Å². The summed E-state index contributed by atoms with van der Waals surface area (Å²) < 4.78 is 24.3. The van der Waals surface area contributed by atoms with Crippen LogP contribution >= 0.6 is 11.3 Å². The second-order valence-corrected chi connectivity index (χ2v) is 24.6. The molecule has 0 saturated carbocycles. The van der Waals surface area contributed by atoms with Crippen molar-refractivity contribution in [2.45, 2.75) is 143 Å². The number of carbonyl (C=O) groups excluding carboxylic acids is 7. The van der Waals surface area contributed by atoms with Gasteiger partial charge in [0.1, 0.15) is 57.7 Å². The third-order valence-corrected chi connectivity index (χ3v) is 17.7. The number of carbonyl (C=O) groups is 7. The molecule has 3 aliphatic heterocycles. The van der Waals surface area contributed by atoms with Crippen LogP contribution in [-0.2, 0) is 55.6 Å². The SMILES string of the molecule is [C-]#[N+]C[C@@H](O)[C@@H]1NC(=O)C([C@H](O)Cc2ccc(O)c(S(=O)OOO)c2)NC(=O)C2CC(O)CN2C(=O)C(C(C)O)NC(=O)[C@@H](NC(=O)c2ccc(-c3nnc(-c4cnn(-c5ccc(OCCCCCC)cc5)c4)s3)cc2)C[C@H](O)CNC(=O)C2[C@@H](O)C(C)CN2C1=O. The van der Waals surface area contributed by atoms with Crippen LogP contribution in [0.3, 0.4) is 0 Å². The van der Waals surface area contributed by atoms with Crippen LogP contribution in [0, 0.1) is 12.5 Å². The Kier molecular flexibility index (Phi) is 24.0. The molecule has 0 bridgehead atoms. The maximum Gasteiger partial charge on any atom is 0.251 e. The molecule has 3 saturated heterocycles. The van der Waals surface area contributed by atoms with Gasteiger partial charge in [0.2, 0.25) is 53.1 Å². The Labute approximate surface area is 533 Å². The highest BCUT2D eigenvalue weighted by Gasteiger charge is 2.50. The molecule has 33 heteroatoms. The number of hydrogen-bond donors (Lipinski definition) is 13. The van der Waals surface area contributed by atoms with E-state index in [1.54, 1.807) is 29.2 Å². The molecule has 31 nitrogen and oxygen atoms in total. The number of aliphatic hydroxyl groups excluding tert-OH is 6. The zero-order chi connectivity index (χ0) is 66.5. The van der Waals surface area contributed by atoms with Crippen molar-refractivity contribution >= 4 is 63.8 Å². The van der Waals surface area contributed by atoms with Crippen LogP contribution in [0.1, 0.15) is 75.2 Å². The Morgan fingerprint density at radius 3 is 2.18 bits per heavy atom. The molecule has 0 radical (unpaired) electrons. The first-order valence-electron chi connectivity index (χ1n) is 29.5. The Hall–Kier alpha value is -8.40. The van der Waals surface area contributed by atoms with Gasteiger partial charge >= 0.3 is 0 Å². The number of rotatable bonds is 20. The molecule has 14 atom stereocenters. The highest BCUT2D eigenvalue weighted by atomic mass is 32.2. The van der Waals surface area contributed by atoms with Gasteiger partial charge in [0.05, 0.1) is 54.6 Å². The van der Waals surface area contributed by atoms with Gasteiger partial charge in [0.25, 0.3) is 5.91 Å². The zero-order valence-corrected chi connectivity index (χ0v) is 51.6. The highest BCUT2D eigenvalue weighted by molar-refractivity contribution is 7.80. The number of ether oxygens (including phenoxy) is 1. The molecule has 0 spiro atoms. The maximum absolute atomic E-state index is 14.6. The third-order valence-electron chi connectivity index (χ3n) is 15.8. The average Bonchev–Trinajstić information content (AvgIpc) is 1.61. The minimum atomic E-state index is -2.67. The lowest BCUT2D eigenvalue weighted by Crippen LogP contribution is -2.64. The summed E-state index contributed by atoms with van der Waals surface area (Å²) in [6, 6.07) is 5.11. The van der Waals surface area contributed by atoms with Crippen LogP contribution in [0.25, 0.3) is 31.7 Å². The molecule has 13 N–H and O–H groups in total. The van der Waals surface area contributed by atoms with Crippen LogP contribution in [0.2, 0.25) is 0 Å². The monoisotopic (exact) mass is 1320 g/mol. The van der Waals surface area contributed by atoms with E-state index in [-0.39, 0.29) is 17.7 Å². The predicted octanol–water partition coefficient (Wildman–Crippen LogP) is -0.966. The van der Waals surface area contributed by atoms with E-state index in [0.29, 0.717) is 27.7 Å². The number of β-amino-alcohol motifs (C(OH)–C–C–N with tert-alkyl or cyclic N) is 1. The van der Waals surface area contributed by atoms with E-state index >= 15 is 0 Å². The fourth-order valence-corrected chi connectivity index (χ4v) is 12.2. The van der Waals surface area contributed by atoms with Gasteiger partial charge in [0.15, 0.2) is 11.1 Å². The number of phenols is 1. The van der Waals surface area contributed by atoms with E-state index in [2.05, 4.69) is 63.0 Å². The van der Waals surface area contributed by atoms with E-state index in [0.717, 1.165) is 66.0 Å². The standard InChI is InChI=1S/C59H72N12O19S2/c1-5-6-7-8-19-88-39-16-14-36(15-17-39)71-28-35(24-62-71)57-68-67-56(91-57)34-12-10-33(11-13-34)51(79)63-40-22-37(73)25-61-55(83)49-50(78)30(2)27-70(49)59(85)48(44(77)26-60-4)66-54(82)47(43(76)20-32-9-18-42(75)45(21-32)92(87)90-89-86)65-53(81)41-23-38(74)29-69(41)58(84)46(31(3)72)64-52(40)80/h9-18,21,24,28,30-31,37-38,40-41,43-44,46-50,72-78,86H,5-8,19-20,22-23,25-27,29H2,1-3H3,(H,61,83)(H,63,79)(H,64,80)(H,65,81)(H,66,82)/t30?,31?,37-,38?,40-,41?,43+,44+,46?,47?,48-,49?,50-,92?/m0/s1. The highest BCUT2D eigenvalue weighted by Crippen LogP contribution is 2.32. The van der Waals surface area contributed by atoms with Crippen LogP contribution in [0.15, 0.2) is 84.0 Å². The molecule has 2 aromatic heterocycles. The smallest absolute Gasteiger partial charge is 0.251 e. The van der Waals surface area contributed by atoms with Crippen LogP contribution in [-0.4, -0.2) is 222 Å². The summed E-state index contributed by atoms with van der Waals surface area (Å²) in [5.74, 6) is -8.96. The third kappa shape index (κ3) is 17.0. The fourth-order valence-electron chi connectivity index (χ4n) is 10.8. The van der Waals surface area contributed by atoms with E-state index in [9.17, 15) is 73.5 Å². The zero-order valence-electron chi connectivity index (χ0n) is 50.0. The number of nitrogens with zero attached hydrogens (tertiary/aromatic N) is 7. The Bertz CT molecular complexity index is 3500. The molecule has 5 heterocycles. The minimum Gasteiger partial charge on any atom is -0.507 e.